The molecular weight excluding hydrogens is 238 g/mol. The Morgan fingerprint density at radius 3 is 2.58 bits per heavy atom. The molecule has 1 saturated carbocycles. The number of carbonyl (C=O) groups is 1. The maximum atomic E-state index is 12.0. The quantitative estimate of drug-likeness (QED) is 0.796. The molecule has 3 fully saturated rings. The lowest BCUT2D eigenvalue weighted by atomic mass is 9.98. The van der Waals surface area contributed by atoms with E-state index >= 15 is 0 Å². The molecule has 4 heteroatoms. The Labute approximate surface area is 116 Å². The van der Waals surface area contributed by atoms with Crippen LogP contribution in [0.4, 0.5) is 0 Å². The zero-order valence-electron chi connectivity index (χ0n) is 11.9. The highest BCUT2D eigenvalue weighted by Crippen LogP contribution is 2.31. The lowest BCUT2D eigenvalue weighted by molar-refractivity contribution is -0.133. The normalized spacial score (nSPS) is 29.5. The molecule has 4 nitrogen and oxygen atoms in total. The van der Waals surface area contributed by atoms with Gasteiger partial charge in [0.05, 0.1) is 0 Å². The topological polar surface area (TPSA) is 44.4 Å². The van der Waals surface area contributed by atoms with Crippen molar-refractivity contribution in [1.29, 1.82) is 0 Å². The van der Waals surface area contributed by atoms with Crippen LogP contribution in [0.5, 0.6) is 0 Å². The predicted molar refractivity (Wildman–Crippen MR) is 75.9 cm³/mol. The summed E-state index contributed by atoms with van der Waals surface area (Å²) >= 11 is 0. The summed E-state index contributed by atoms with van der Waals surface area (Å²) in [5.74, 6) is 1.62. The van der Waals surface area contributed by atoms with Crippen LogP contribution in [0.1, 0.15) is 38.5 Å². The van der Waals surface area contributed by atoms with Crippen LogP contribution in [0.3, 0.4) is 0 Å². The molecule has 19 heavy (non-hydrogen) atoms. The molecule has 3 rings (SSSR count). The molecule has 2 aliphatic heterocycles. The van der Waals surface area contributed by atoms with Crippen molar-refractivity contribution in [3.8, 4) is 0 Å². The first-order valence-corrected chi connectivity index (χ1v) is 8.06. The Kier molecular flexibility index (Phi) is 4.38. The fourth-order valence-corrected chi connectivity index (χ4v) is 3.32. The van der Waals surface area contributed by atoms with Gasteiger partial charge in [0.1, 0.15) is 0 Å². The van der Waals surface area contributed by atoms with Crippen LogP contribution in [0.25, 0.3) is 0 Å². The first-order valence-electron chi connectivity index (χ1n) is 8.06. The van der Waals surface area contributed by atoms with Gasteiger partial charge in [-0.2, -0.15) is 0 Å². The van der Waals surface area contributed by atoms with Gasteiger partial charge in [0, 0.05) is 25.0 Å². The molecule has 0 bridgehead atoms. The van der Waals surface area contributed by atoms with E-state index in [0.29, 0.717) is 17.9 Å². The number of piperidine rings is 2. The van der Waals surface area contributed by atoms with Crippen molar-refractivity contribution in [3.63, 3.8) is 0 Å². The van der Waals surface area contributed by atoms with Crippen molar-refractivity contribution in [1.82, 2.24) is 15.5 Å². The number of amides is 1. The van der Waals surface area contributed by atoms with Gasteiger partial charge in [-0.25, -0.2) is 0 Å². The molecule has 108 valence electrons. The summed E-state index contributed by atoms with van der Waals surface area (Å²) in [7, 11) is 0. The Morgan fingerprint density at radius 2 is 1.95 bits per heavy atom. The van der Waals surface area contributed by atoms with E-state index in [4.69, 9.17) is 0 Å². The van der Waals surface area contributed by atoms with Gasteiger partial charge < -0.3 is 15.5 Å². The number of hydrogen-bond donors (Lipinski definition) is 2. The second-order valence-electron chi connectivity index (χ2n) is 6.49. The van der Waals surface area contributed by atoms with Crippen molar-refractivity contribution >= 4 is 5.91 Å². The molecule has 2 heterocycles. The summed E-state index contributed by atoms with van der Waals surface area (Å²) < 4.78 is 0. The number of nitrogens with zero attached hydrogens (tertiary/aromatic N) is 1. The Hall–Kier alpha value is -0.610. The van der Waals surface area contributed by atoms with Gasteiger partial charge in [-0.05, 0) is 64.1 Å². The molecule has 0 radical (unpaired) electrons. The lowest BCUT2D eigenvalue weighted by Gasteiger charge is -2.34. The summed E-state index contributed by atoms with van der Waals surface area (Å²) in [5, 5.41) is 7.19. The zero-order valence-corrected chi connectivity index (χ0v) is 11.9. The standard InChI is InChI=1S/C15H27N3O/c19-15(13-3-4-13)18-8-5-14(6-9-18)17-11-12-2-1-7-16-10-12/h12-14,16-17H,1-11H2. The van der Waals surface area contributed by atoms with Gasteiger partial charge in [-0.3, -0.25) is 4.79 Å². The second kappa shape index (κ2) is 6.23. The van der Waals surface area contributed by atoms with E-state index in [1.165, 1.54) is 25.9 Å². The molecule has 3 aliphatic rings. The molecule has 0 aromatic heterocycles. The first-order chi connectivity index (χ1) is 9.33. The second-order valence-corrected chi connectivity index (χ2v) is 6.49. The summed E-state index contributed by atoms with van der Waals surface area (Å²) in [6.45, 7) is 5.45. The molecule has 2 saturated heterocycles. The van der Waals surface area contributed by atoms with Crippen LogP contribution in [-0.2, 0) is 4.79 Å². The van der Waals surface area contributed by atoms with Gasteiger partial charge in [0.15, 0.2) is 0 Å². The minimum atomic E-state index is 0.387. The summed E-state index contributed by atoms with van der Waals surface area (Å²) in [6.07, 6.45) is 7.22. The third kappa shape index (κ3) is 3.69. The first kappa shape index (κ1) is 13.4. The molecule has 1 amide bonds. The maximum absolute atomic E-state index is 12.0. The highest BCUT2D eigenvalue weighted by Gasteiger charge is 2.34. The highest BCUT2D eigenvalue weighted by atomic mass is 16.2. The van der Waals surface area contributed by atoms with Crippen molar-refractivity contribution in [2.45, 2.75) is 44.6 Å². The number of hydrogen-bond acceptors (Lipinski definition) is 3. The fourth-order valence-electron chi connectivity index (χ4n) is 3.32. The van der Waals surface area contributed by atoms with Crippen LogP contribution in [0.2, 0.25) is 0 Å². The van der Waals surface area contributed by atoms with E-state index in [1.54, 1.807) is 0 Å². The Balaban J connectivity index is 1.34. The fraction of sp³-hybridized carbons (Fsp3) is 0.933. The number of rotatable bonds is 4. The van der Waals surface area contributed by atoms with E-state index in [2.05, 4.69) is 15.5 Å². The van der Waals surface area contributed by atoms with Crippen LogP contribution in [0, 0.1) is 11.8 Å². The van der Waals surface area contributed by atoms with Crippen molar-refractivity contribution in [2.75, 3.05) is 32.7 Å². The summed E-state index contributed by atoms with van der Waals surface area (Å²) in [6, 6.07) is 0.630. The van der Waals surface area contributed by atoms with E-state index in [0.717, 1.165) is 51.2 Å². The maximum Gasteiger partial charge on any atom is 0.225 e. The summed E-state index contributed by atoms with van der Waals surface area (Å²) in [4.78, 5) is 14.1. The van der Waals surface area contributed by atoms with Gasteiger partial charge in [0.2, 0.25) is 5.91 Å². The third-order valence-electron chi connectivity index (χ3n) is 4.83. The van der Waals surface area contributed by atoms with Crippen molar-refractivity contribution < 1.29 is 4.79 Å². The molecule has 0 aromatic rings. The Morgan fingerprint density at radius 1 is 1.16 bits per heavy atom. The number of carbonyl (C=O) groups excluding carboxylic acids is 1. The highest BCUT2D eigenvalue weighted by molar-refractivity contribution is 5.81. The third-order valence-corrected chi connectivity index (χ3v) is 4.83. The van der Waals surface area contributed by atoms with E-state index in [1.807, 2.05) is 0 Å². The van der Waals surface area contributed by atoms with E-state index in [9.17, 15) is 4.79 Å². The van der Waals surface area contributed by atoms with E-state index < -0.39 is 0 Å². The number of likely N-dealkylation sites (tertiary alicyclic amines) is 1. The molecule has 0 spiro atoms. The van der Waals surface area contributed by atoms with Crippen LogP contribution in [0.15, 0.2) is 0 Å². The molecule has 0 aromatic carbocycles. The van der Waals surface area contributed by atoms with Crippen LogP contribution in [-0.4, -0.2) is 49.6 Å². The summed E-state index contributed by atoms with van der Waals surface area (Å²) in [5.41, 5.74) is 0. The average molecular weight is 265 g/mol. The molecular formula is C15H27N3O. The van der Waals surface area contributed by atoms with Crippen molar-refractivity contribution in [2.24, 2.45) is 11.8 Å². The van der Waals surface area contributed by atoms with Gasteiger partial charge in [-0.15, -0.1) is 0 Å². The smallest absolute Gasteiger partial charge is 0.225 e. The predicted octanol–water partition coefficient (Wildman–Crippen LogP) is 0.977. The Bertz CT molecular complexity index is 303. The molecule has 1 atom stereocenters. The molecule has 1 unspecified atom stereocenters. The van der Waals surface area contributed by atoms with Crippen LogP contribution >= 0.6 is 0 Å². The van der Waals surface area contributed by atoms with Crippen molar-refractivity contribution in [3.05, 3.63) is 0 Å². The van der Waals surface area contributed by atoms with Crippen LogP contribution < -0.4 is 10.6 Å². The molecule has 1 aliphatic carbocycles. The van der Waals surface area contributed by atoms with Gasteiger partial charge in [0.25, 0.3) is 0 Å². The minimum Gasteiger partial charge on any atom is -0.342 e. The largest absolute Gasteiger partial charge is 0.342 e. The minimum absolute atomic E-state index is 0.387. The molecule has 2 N–H and O–H groups in total. The van der Waals surface area contributed by atoms with Gasteiger partial charge >= 0.3 is 0 Å². The SMILES string of the molecule is O=C(C1CC1)N1CCC(NCC2CCCNC2)CC1. The van der Waals surface area contributed by atoms with E-state index in [-0.39, 0.29) is 0 Å². The monoisotopic (exact) mass is 265 g/mol. The number of nitrogens with one attached hydrogen (secondary N) is 2. The lowest BCUT2D eigenvalue weighted by Crippen LogP contribution is -2.47. The zero-order chi connectivity index (χ0) is 13.1. The average Bonchev–Trinajstić information content (AvgIpc) is 3.31. The van der Waals surface area contributed by atoms with Gasteiger partial charge in [-0.1, -0.05) is 0 Å².